The van der Waals surface area contributed by atoms with Crippen LogP contribution in [0.3, 0.4) is 0 Å². The molecule has 0 fully saturated rings. The van der Waals surface area contributed by atoms with Crippen LogP contribution in [-0.2, 0) is 0 Å². The topological polar surface area (TPSA) is 91.5 Å². The highest BCUT2D eigenvalue weighted by molar-refractivity contribution is 5.94. The fourth-order valence-corrected chi connectivity index (χ4v) is 1.37. The number of nitrogen functional groups attached to an aromatic ring is 1. The first-order chi connectivity index (χ1) is 7.13. The summed E-state index contributed by atoms with van der Waals surface area (Å²) in [6, 6.07) is 4.51. The number of benzene rings is 1. The molecule has 1 aromatic carbocycles. The van der Waals surface area contributed by atoms with Crippen LogP contribution >= 0.6 is 0 Å². The number of nitro groups is 1. The lowest BCUT2D eigenvalue weighted by molar-refractivity contribution is -0.401. The van der Waals surface area contributed by atoms with E-state index in [1.54, 1.807) is 12.1 Å². The largest absolute Gasteiger partial charge is 0.496 e. The van der Waals surface area contributed by atoms with Crippen LogP contribution in [0.15, 0.2) is 22.6 Å². The van der Waals surface area contributed by atoms with E-state index in [1.807, 2.05) is 0 Å². The van der Waals surface area contributed by atoms with Crippen LogP contribution in [0.25, 0.3) is 11.0 Å². The number of methoxy groups -OCH3 is 1. The Hall–Kier alpha value is -2.24. The molecule has 2 rings (SSSR count). The van der Waals surface area contributed by atoms with Gasteiger partial charge in [-0.3, -0.25) is 10.1 Å². The second-order valence-corrected chi connectivity index (χ2v) is 2.94. The summed E-state index contributed by atoms with van der Waals surface area (Å²) in [4.78, 5) is 9.90. The average Bonchev–Trinajstić information content (AvgIpc) is 2.64. The predicted molar refractivity (Wildman–Crippen MR) is 53.8 cm³/mol. The maximum absolute atomic E-state index is 10.5. The Morgan fingerprint density at radius 3 is 2.87 bits per heavy atom. The summed E-state index contributed by atoms with van der Waals surface area (Å²) >= 11 is 0. The highest BCUT2D eigenvalue weighted by Crippen LogP contribution is 2.35. The molecule has 6 nitrogen and oxygen atoms in total. The minimum absolute atomic E-state index is 0.279. The molecule has 0 aliphatic rings. The van der Waals surface area contributed by atoms with E-state index in [-0.39, 0.29) is 11.5 Å². The van der Waals surface area contributed by atoms with E-state index in [1.165, 1.54) is 13.2 Å². The van der Waals surface area contributed by atoms with Crippen molar-refractivity contribution in [2.45, 2.75) is 0 Å². The SMILES string of the molecule is COc1ccc(N)c2oc([N+](=O)[O-])cc12. The Balaban J connectivity index is 2.77. The lowest BCUT2D eigenvalue weighted by Gasteiger charge is -2.00. The number of fused-ring (bicyclic) bond motifs is 1. The fraction of sp³-hybridized carbons (Fsp3) is 0.111. The van der Waals surface area contributed by atoms with Crippen molar-refractivity contribution >= 4 is 22.5 Å². The van der Waals surface area contributed by atoms with E-state index in [0.717, 1.165) is 0 Å². The zero-order valence-corrected chi connectivity index (χ0v) is 7.89. The highest BCUT2D eigenvalue weighted by atomic mass is 16.6. The van der Waals surface area contributed by atoms with Crippen molar-refractivity contribution in [1.82, 2.24) is 0 Å². The van der Waals surface area contributed by atoms with E-state index in [0.29, 0.717) is 16.8 Å². The Kier molecular flexibility index (Phi) is 1.96. The van der Waals surface area contributed by atoms with Gasteiger partial charge in [0.1, 0.15) is 10.7 Å². The molecule has 0 unspecified atom stereocenters. The second kappa shape index (κ2) is 3.16. The summed E-state index contributed by atoms with van der Waals surface area (Å²) in [7, 11) is 1.48. The molecule has 0 atom stereocenters. The summed E-state index contributed by atoms with van der Waals surface area (Å²) in [6.07, 6.45) is 0. The number of hydrogen-bond donors (Lipinski definition) is 1. The van der Waals surface area contributed by atoms with Gasteiger partial charge in [0.2, 0.25) is 0 Å². The minimum Gasteiger partial charge on any atom is -0.496 e. The van der Waals surface area contributed by atoms with Gasteiger partial charge < -0.3 is 14.9 Å². The highest BCUT2D eigenvalue weighted by Gasteiger charge is 2.18. The Morgan fingerprint density at radius 1 is 1.53 bits per heavy atom. The Morgan fingerprint density at radius 2 is 2.27 bits per heavy atom. The van der Waals surface area contributed by atoms with Crippen LogP contribution in [0.1, 0.15) is 0 Å². The van der Waals surface area contributed by atoms with Crippen molar-refractivity contribution in [3.8, 4) is 5.75 Å². The minimum atomic E-state index is -0.612. The van der Waals surface area contributed by atoms with Crippen LogP contribution in [-0.4, -0.2) is 12.0 Å². The van der Waals surface area contributed by atoms with Gasteiger partial charge in [-0.1, -0.05) is 0 Å². The molecule has 6 heteroatoms. The summed E-state index contributed by atoms with van der Waals surface area (Å²) in [5.74, 6) is 0.150. The molecule has 0 radical (unpaired) electrons. The molecule has 2 N–H and O–H groups in total. The molecule has 0 saturated carbocycles. The van der Waals surface area contributed by atoms with Crippen LogP contribution in [0.4, 0.5) is 11.6 Å². The normalized spacial score (nSPS) is 10.5. The molecule has 0 amide bonds. The van der Waals surface area contributed by atoms with Crippen LogP contribution in [0, 0.1) is 10.1 Å². The number of nitrogens with two attached hydrogens (primary N) is 1. The maximum Gasteiger partial charge on any atom is 0.434 e. The summed E-state index contributed by atoms with van der Waals surface area (Å²) < 4.78 is 10.0. The fourth-order valence-electron chi connectivity index (χ4n) is 1.37. The number of anilines is 1. The first-order valence-electron chi connectivity index (χ1n) is 4.14. The quantitative estimate of drug-likeness (QED) is 0.462. The Bertz CT molecular complexity index is 532. The maximum atomic E-state index is 10.5. The van der Waals surface area contributed by atoms with Gasteiger partial charge in [-0.05, 0) is 12.1 Å². The van der Waals surface area contributed by atoms with Crippen molar-refractivity contribution in [3.63, 3.8) is 0 Å². The molecule has 0 aliphatic carbocycles. The van der Waals surface area contributed by atoms with Gasteiger partial charge in [0, 0.05) is 0 Å². The monoisotopic (exact) mass is 208 g/mol. The van der Waals surface area contributed by atoms with Gasteiger partial charge in [-0.2, -0.15) is 0 Å². The summed E-state index contributed by atoms with van der Waals surface area (Å²) in [5, 5.41) is 11.0. The number of furan rings is 1. The van der Waals surface area contributed by atoms with Crippen molar-refractivity contribution in [1.29, 1.82) is 0 Å². The molecular weight excluding hydrogens is 200 g/mol. The van der Waals surface area contributed by atoms with Crippen LogP contribution in [0.2, 0.25) is 0 Å². The standard InChI is InChI=1S/C9H8N2O4/c1-14-7-3-2-6(10)9-5(7)4-8(15-9)11(12)13/h2-4H,10H2,1H3. The van der Waals surface area contributed by atoms with Gasteiger partial charge in [-0.25, -0.2) is 0 Å². The molecule has 1 aromatic heterocycles. The van der Waals surface area contributed by atoms with Gasteiger partial charge in [0.25, 0.3) is 0 Å². The zero-order chi connectivity index (χ0) is 11.0. The molecule has 0 spiro atoms. The third-order valence-electron chi connectivity index (χ3n) is 2.06. The van der Waals surface area contributed by atoms with Gasteiger partial charge in [-0.15, -0.1) is 0 Å². The average molecular weight is 208 g/mol. The number of ether oxygens (including phenoxy) is 1. The van der Waals surface area contributed by atoms with Crippen molar-refractivity contribution in [2.75, 3.05) is 12.8 Å². The second-order valence-electron chi connectivity index (χ2n) is 2.94. The molecular formula is C9H8N2O4. The van der Waals surface area contributed by atoms with Crippen LogP contribution in [0.5, 0.6) is 5.75 Å². The van der Waals surface area contributed by atoms with E-state index >= 15 is 0 Å². The first-order valence-corrected chi connectivity index (χ1v) is 4.14. The zero-order valence-electron chi connectivity index (χ0n) is 7.89. The third-order valence-corrected chi connectivity index (χ3v) is 2.06. The first kappa shape index (κ1) is 9.32. The molecule has 0 aliphatic heterocycles. The van der Waals surface area contributed by atoms with E-state index in [9.17, 15) is 10.1 Å². The molecule has 1 heterocycles. The molecule has 0 saturated heterocycles. The van der Waals surface area contributed by atoms with E-state index in [2.05, 4.69) is 0 Å². The van der Waals surface area contributed by atoms with Crippen molar-refractivity contribution in [3.05, 3.63) is 28.3 Å². The predicted octanol–water partition coefficient (Wildman–Crippen LogP) is 1.93. The summed E-state index contributed by atoms with van der Waals surface area (Å²) in [6.45, 7) is 0. The van der Waals surface area contributed by atoms with Crippen molar-refractivity contribution < 1.29 is 14.1 Å². The smallest absolute Gasteiger partial charge is 0.434 e. The van der Waals surface area contributed by atoms with E-state index < -0.39 is 4.92 Å². The van der Waals surface area contributed by atoms with Crippen LogP contribution < -0.4 is 10.5 Å². The van der Waals surface area contributed by atoms with Crippen molar-refractivity contribution in [2.24, 2.45) is 0 Å². The third kappa shape index (κ3) is 1.35. The molecule has 15 heavy (non-hydrogen) atoms. The molecule has 2 aromatic rings. The van der Waals surface area contributed by atoms with Gasteiger partial charge >= 0.3 is 5.88 Å². The van der Waals surface area contributed by atoms with E-state index in [4.69, 9.17) is 14.9 Å². The number of hydrogen-bond acceptors (Lipinski definition) is 5. The lowest BCUT2D eigenvalue weighted by Crippen LogP contribution is -1.87. The molecule has 78 valence electrons. The Labute approximate surface area is 84.4 Å². The number of rotatable bonds is 2. The van der Waals surface area contributed by atoms with Gasteiger partial charge in [0.15, 0.2) is 5.58 Å². The van der Waals surface area contributed by atoms with Gasteiger partial charge in [0.05, 0.1) is 24.2 Å². The number of nitrogens with zero attached hydrogens (tertiary/aromatic N) is 1. The molecule has 0 bridgehead atoms. The lowest BCUT2D eigenvalue weighted by atomic mass is 10.2. The summed E-state index contributed by atoms with van der Waals surface area (Å²) in [5.41, 5.74) is 6.25.